The zero-order chi connectivity index (χ0) is 31.5. The first-order chi connectivity index (χ1) is 20.4. The Balaban J connectivity index is 1.53. The van der Waals surface area contributed by atoms with Crippen LogP contribution in [0.1, 0.15) is 72.3 Å². The Morgan fingerprint density at radius 1 is 1.28 bits per heavy atom. The molecule has 2 amide bonds. The van der Waals surface area contributed by atoms with Crippen LogP contribution in [0.5, 0.6) is 11.5 Å². The number of benzene rings is 1. The summed E-state index contributed by atoms with van der Waals surface area (Å²) in [5.41, 5.74) is 1.07. The maximum absolute atomic E-state index is 13.5. The number of hydrogen-bond donors (Lipinski definition) is 2. The van der Waals surface area contributed by atoms with Crippen molar-refractivity contribution in [1.82, 2.24) is 10.2 Å². The summed E-state index contributed by atoms with van der Waals surface area (Å²) < 4.78 is 17.5. The molecule has 4 rings (SSSR count). The van der Waals surface area contributed by atoms with Crippen LogP contribution in [0.25, 0.3) is 0 Å². The van der Waals surface area contributed by atoms with Gasteiger partial charge >= 0.3 is 12.1 Å². The molecule has 0 saturated carbocycles. The number of nitrogens with one attached hydrogen (secondary N) is 1. The minimum Gasteiger partial charge on any atom is -0.504 e. The lowest BCUT2D eigenvalue weighted by molar-refractivity contribution is -0.158. The molecule has 8 atom stereocenters. The first kappa shape index (κ1) is 32.4. The molecule has 0 unspecified atom stereocenters. The van der Waals surface area contributed by atoms with Gasteiger partial charge in [-0.05, 0) is 73.6 Å². The van der Waals surface area contributed by atoms with E-state index in [1.54, 1.807) is 19.2 Å². The van der Waals surface area contributed by atoms with Gasteiger partial charge in [0, 0.05) is 25.9 Å². The minimum absolute atomic E-state index is 0.00279. The molecule has 0 spiro atoms. The third-order valence-corrected chi connectivity index (χ3v) is 9.60. The van der Waals surface area contributed by atoms with Gasteiger partial charge in [-0.3, -0.25) is 14.5 Å². The molecular weight excluding hydrogens is 548 g/mol. The summed E-state index contributed by atoms with van der Waals surface area (Å²) >= 11 is 0. The highest BCUT2D eigenvalue weighted by Gasteiger charge is 2.47. The highest BCUT2D eigenvalue weighted by atomic mass is 16.6. The molecule has 236 valence electrons. The SMILES string of the molecule is CC[C@H](C)C(=O)O[C@H]1C[C@@H](C)C=C2C=C[C@H](C)[C@H](CC[C@]3(C)C[C@H](C(=O)NC)N(Cc4ccc(O)c(OC)c4)C(=O)O3)[C@H]21. The standard InChI is InChI=1S/C34H48N2O7/c1-8-21(3)32(39)42-29-16-20(2)15-24-11-9-22(4)25(30(24)29)13-14-34(5)18-26(31(38)35-6)36(33(40)43-34)19-23-10-12-27(37)28(17-23)41-7/h9-12,15,17,20-22,25-26,29-30,37H,8,13-14,16,18-19H2,1-7H3,(H,35,38)/t20-,21-,22-,25-,26+,29-,30-,34+/m0/s1. The summed E-state index contributed by atoms with van der Waals surface area (Å²) in [5.74, 6) is 0.560. The second-order valence-electron chi connectivity index (χ2n) is 12.9. The summed E-state index contributed by atoms with van der Waals surface area (Å²) in [5, 5.41) is 12.7. The maximum atomic E-state index is 13.5. The molecule has 2 aliphatic carbocycles. The molecule has 3 aliphatic rings. The van der Waals surface area contributed by atoms with Crippen LogP contribution < -0.4 is 10.1 Å². The molecule has 1 fully saturated rings. The fourth-order valence-electron chi connectivity index (χ4n) is 6.83. The van der Waals surface area contributed by atoms with Gasteiger partial charge in [-0.15, -0.1) is 0 Å². The number of carbonyl (C=O) groups excluding carboxylic acids is 3. The number of ether oxygens (including phenoxy) is 3. The number of aromatic hydroxyl groups is 1. The van der Waals surface area contributed by atoms with E-state index in [9.17, 15) is 19.5 Å². The van der Waals surface area contributed by atoms with Crippen LogP contribution >= 0.6 is 0 Å². The maximum Gasteiger partial charge on any atom is 0.411 e. The van der Waals surface area contributed by atoms with Crippen LogP contribution in [0.15, 0.2) is 42.0 Å². The van der Waals surface area contributed by atoms with Crippen LogP contribution in [0.3, 0.4) is 0 Å². The monoisotopic (exact) mass is 596 g/mol. The highest BCUT2D eigenvalue weighted by Crippen LogP contribution is 2.46. The Hall–Kier alpha value is -3.49. The van der Waals surface area contributed by atoms with Gasteiger partial charge < -0.3 is 24.6 Å². The Morgan fingerprint density at radius 3 is 2.70 bits per heavy atom. The Morgan fingerprint density at radius 2 is 2.02 bits per heavy atom. The lowest BCUT2D eigenvalue weighted by atomic mass is 9.64. The predicted molar refractivity (Wildman–Crippen MR) is 163 cm³/mol. The van der Waals surface area contributed by atoms with Crippen molar-refractivity contribution in [3.05, 3.63) is 47.6 Å². The van der Waals surface area contributed by atoms with Crippen molar-refractivity contribution in [3.63, 3.8) is 0 Å². The number of hydrogen-bond acceptors (Lipinski definition) is 7. The van der Waals surface area contributed by atoms with Gasteiger partial charge in [-0.2, -0.15) is 0 Å². The molecule has 9 nitrogen and oxygen atoms in total. The van der Waals surface area contributed by atoms with Gasteiger partial charge in [0.2, 0.25) is 5.91 Å². The Kier molecular flexibility index (Phi) is 10.1. The van der Waals surface area contributed by atoms with Crippen molar-refractivity contribution in [3.8, 4) is 11.5 Å². The van der Waals surface area contributed by atoms with E-state index < -0.39 is 17.7 Å². The van der Waals surface area contributed by atoms with Crippen molar-refractivity contribution in [2.75, 3.05) is 14.2 Å². The van der Waals surface area contributed by atoms with Crippen molar-refractivity contribution in [2.24, 2.45) is 29.6 Å². The topological polar surface area (TPSA) is 114 Å². The second-order valence-corrected chi connectivity index (χ2v) is 12.9. The molecule has 1 aliphatic heterocycles. The molecule has 1 saturated heterocycles. The van der Waals surface area contributed by atoms with E-state index in [0.717, 1.165) is 19.3 Å². The number of carbonyl (C=O) groups is 3. The van der Waals surface area contributed by atoms with E-state index in [0.29, 0.717) is 30.1 Å². The van der Waals surface area contributed by atoms with Gasteiger partial charge in [0.15, 0.2) is 11.5 Å². The van der Waals surface area contributed by atoms with Crippen molar-refractivity contribution in [1.29, 1.82) is 0 Å². The fraction of sp³-hybridized carbons (Fsp3) is 0.618. The van der Waals surface area contributed by atoms with Gasteiger partial charge in [0.25, 0.3) is 0 Å². The average Bonchev–Trinajstić information content (AvgIpc) is 2.97. The Labute approximate surface area is 255 Å². The number of rotatable bonds is 10. The molecule has 0 radical (unpaired) electrons. The first-order valence-electron chi connectivity index (χ1n) is 15.6. The van der Waals surface area contributed by atoms with Crippen LogP contribution in [0.4, 0.5) is 4.79 Å². The number of nitrogens with zero attached hydrogens (tertiary/aromatic N) is 1. The second kappa shape index (κ2) is 13.4. The van der Waals surface area contributed by atoms with E-state index in [4.69, 9.17) is 14.2 Å². The number of phenols is 1. The number of methoxy groups -OCH3 is 1. The molecule has 1 heterocycles. The predicted octanol–water partition coefficient (Wildman–Crippen LogP) is 5.76. The van der Waals surface area contributed by atoms with E-state index >= 15 is 0 Å². The van der Waals surface area contributed by atoms with Crippen LogP contribution in [0, 0.1) is 29.6 Å². The molecule has 0 bridgehead atoms. The van der Waals surface area contributed by atoms with Crippen LogP contribution in [-0.2, 0) is 25.6 Å². The molecular formula is C34H48N2O7. The highest BCUT2D eigenvalue weighted by molar-refractivity contribution is 5.86. The lowest BCUT2D eigenvalue weighted by Crippen LogP contribution is -2.58. The van der Waals surface area contributed by atoms with E-state index in [1.807, 2.05) is 20.8 Å². The largest absolute Gasteiger partial charge is 0.504 e. The third kappa shape index (κ3) is 7.19. The molecule has 43 heavy (non-hydrogen) atoms. The number of phenolic OH excluding ortho intramolecular Hbond substituents is 1. The molecule has 1 aromatic rings. The number of likely N-dealkylation sites (N-methyl/N-ethyl adjacent to an activating group) is 1. The number of esters is 1. The van der Waals surface area contributed by atoms with E-state index in [2.05, 4.69) is 37.4 Å². The van der Waals surface area contributed by atoms with E-state index in [-0.39, 0.29) is 53.9 Å². The summed E-state index contributed by atoms with van der Waals surface area (Å²) in [6, 6.07) is 4.12. The van der Waals surface area contributed by atoms with Gasteiger partial charge in [-0.25, -0.2) is 4.79 Å². The normalized spacial score (nSPS) is 30.9. The summed E-state index contributed by atoms with van der Waals surface area (Å²) in [7, 11) is 3.02. The lowest BCUT2D eigenvalue weighted by Gasteiger charge is -2.46. The smallest absolute Gasteiger partial charge is 0.411 e. The molecule has 0 aromatic heterocycles. The fourth-order valence-corrected chi connectivity index (χ4v) is 6.83. The molecule has 2 N–H and O–H groups in total. The number of allylic oxidation sites excluding steroid dienone is 3. The summed E-state index contributed by atoms with van der Waals surface area (Å²) in [4.78, 5) is 40.9. The number of amides is 2. The van der Waals surface area contributed by atoms with Crippen molar-refractivity contribution < 1.29 is 33.7 Å². The molecule has 9 heteroatoms. The first-order valence-corrected chi connectivity index (χ1v) is 15.6. The van der Waals surface area contributed by atoms with Gasteiger partial charge in [0.1, 0.15) is 17.7 Å². The van der Waals surface area contributed by atoms with Crippen LogP contribution in [0.2, 0.25) is 0 Å². The van der Waals surface area contributed by atoms with E-state index in [1.165, 1.54) is 23.6 Å². The quantitative estimate of drug-likeness (QED) is 0.330. The summed E-state index contributed by atoms with van der Waals surface area (Å²) in [6.07, 6.45) is 9.14. The summed E-state index contributed by atoms with van der Waals surface area (Å²) in [6.45, 7) is 10.3. The average molecular weight is 597 g/mol. The Bertz CT molecular complexity index is 1260. The zero-order valence-corrected chi connectivity index (χ0v) is 26.6. The van der Waals surface area contributed by atoms with Crippen molar-refractivity contribution >= 4 is 18.0 Å². The molecule has 1 aromatic carbocycles. The zero-order valence-electron chi connectivity index (χ0n) is 26.6. The third-order valence-electron chi connectivity index (χ3n) is 9.60. The van der Waals surface area contributed by atoms with Crippen molar-refractivity contribution in [2.45, 2.75) is 91.0 Å². The van der Waals surface area contributed by atoms with Gasteiger partial charge in [0.05, 0.1) is 13.0 Å². The number of cyclic esters (lactones) is 1. The van der Waals surface area contributed by atoms with Crippen LogP contribution in [-0.4, -0.2) is 59.9 Å². The minimum atomic E-state index is -0.854. The van der Waals surface area contributed by atoms with Gasteiger partial charge in [-0.1, -0.05) is 52.0 Å². The number of fused-ring (bicyclic) bond motifs is 1.